The number of carbonyl (C=O) groups excluding carboxylic acids is 1. The van der Waals surface area contributed by atoms with E-state index in [1.54, 1.807) is 24.3 Å². The zero-order valence-electron chi connectivity index (χ0n) is 7.87. The summed E-state index contributed by atoms with van der Waals surface area (Å²) in [7, 11) is 0. The highest BCUT2D eigenvalue weighted by molar-refractivity contribution is 6.30. The van der Waals surface area contributed by atoms with E-state index < -0.39 is 5.41 Å². The van der Waals surface area contributed by atoms with Crippen LogP contribution >= 0.6 is 11.6 Å². The van der Waals surface area contributed by atoms with E-state index in [9.17, 15) is 4.79 Å². The van der Waals surface area contributed by atoms with Gasteiger partial charge in [0, 0.05) is 10.6 Å². The highest BCUT2D eigenvalue weighted by Crippen LogP contribution is 2.31. The van der Waals surface area contributed by atoms with Gasteiger partial charge in [-0.05, 0) is 24.3 Å². The van der Waals surface area contributed by atoms with E-state index in [0.29, 0.717) is 10.6 Å². The minimum Gasteiger partial charge on any atom is -0.377 e. The number of nitriles is 1. The van der Waals surface area contributed by atoms with E-state index in [1.165, 1.54) is 0 Å². The van der Waals surface area contributed by atoms with Gasteiger partial charge >= 0.3 is 0 Å². The second kappa shape index (κ2) is 3.65. The third kappa shape index (κ3) is 1.63. The lowest BCUT2D eigenvalue weighted by atomic mass is 9.80. The van der Waals surface area contributed by atoms with Crippen molar-refractivity contribution >= 4 is 17.4 Å². The summed E-state index contributed by atoms with van der Waals surface area (Å²) in [5.41, 5.74) is -0.474. The molecule has 2 rings (SSSR count). The summed E-state index contributed by atoms with van der Waals surface area (Å²) >= 11 is 5.71. The molecule has 0 N–H and O–H groups in total. The largest absolute Gasteiger partial charge is 0.377 e. The summed E-state index contributed by atoms with van der Waals surface area (Å²) in [6.45, 7) is 0.371. The molecule has 0 bridgehead atoms. The van der Waals surface area contributed by atoms with Gasteiger partial charge in [0.25, 0.3) is 0 Å². The van der Waals surface area contributed by atoms with E-state index in [4.69, 9.17) is 21.6 Å². The monoisotopic (exact) mass is 221 g/mol. The number of hydrogen-bond donors (Lipinski definition) is 0. The Morgan fingerprint density at radius 1 is 1.40 bits per heavy atom. The Hall–Kier alpha value is -1.37. The predicted molar refractivity (Wildman–Crippen MR) is 54.6 cm³/mol. The molecule has 3 nitrogen and oxygen atoms in total. The fraction of sp³-hybridized carbons (Fsp3) is 0.273. The Balaban J connectivity index is 2.29. The Labute approximate surface area is 92.2 Å². The van der Waals surface area contributed by atoms with Gasteiger partial charge in [-0.15, -0.1) is 0 Å². The maximum Gasteiger partial charge on any atom is 0.187 e. The van der Waals surface area contributed by atoms with Crippen LogP contribution in [0.15, 0.2) is 24.3 Å². The predicted octanol–water partition coefficient (Wildman–Crippen LogP) is 2.06. The molecule has 1 fully saturated rings. The number of carbonyl (C=O) groups is 1. The van der Waals surface area contributed by atoms with Crippen molar-refractivity contribution in [1.82, 2.24) is 0 Å². The molecular weight excluding hydrogens is 214 g/mol. The standard InChI is InChI=1S/C11H8ClNO2/c12-9-3-1-8(2-4-9)10(14)11(5-13)6-15-7-11/h1-4H,6-7H2. The number of rotatable bonds is 2. The van der Waals surface area contributed by atoms with Crippen LogP contribution in [0, 0.1) is 16.7 Å². The lowest BCUT2D eigenvalue weighted by molar-refractivity contribution is -0.0566. The normalized spacial score (nSPS) is 17.6. The number of benzene rings is 1. The Bertz CT molecular complexity index is 429. The molecule has 15 heavy (non-hydrogen) atoms. The summed E-state index contributed by atoms with van der Waals surface area (Å²) in [5.74, 6) is -0.187. The van der Waals surface area contributed by atoms with Gasteiger partial charge in [0.2, 0.25) is 0 Å². The van der Waals surface area contributed by atoms with Crippen molar-refractivity contribution in [2.75, 3.05) is 13.2 Å². The first-order valence-corrected chi connectivity index (χ1v) is 4.85. The Morgan fingerprint density at radius 3 is 2.40 bits per heavy atom. The third-order valence-corrected chi connectivity index (χ3v) is 2.70. The summed E-state index contributed by atoms with van der Waals surface area (Å²) < 4.78 is 4.93. The van der Waals surface area contributed by atoms with Crippen molar-refractivity contribution in [3.8, 4) is 6.07 Å². The van der Waals surface area contributed by atoms with Gasteiger partial charge in [0.15, 0.2) is 11.2 Å². The fourth-order valence-corrected chi connectivity index (χ4v) is 1.56. The number of ketones is 1. The Morgan fingerprint density at radius 2 is 2.00 bits per heavy atom. The van der Waals surface area contributed by atoms with Crippen LogP contribution in [0.25, 0.3) is 0 Å². The first-order chi connectivity index (χ1) is 7.18. The van der Waals surface area contributed by atoms with Crippen molar-refractivity contribution in [3.63, 3.8) is 0 Å². The molecule has 0 saturated carbocycles. The lowest BCUT2D eigenvalue weighted by Gasteiger charge is -2.33. The van der Waals surface area contributed by atoms with Crippen LogP contribution in [0.1, 0.15) is 10.4 Å². The first-order valence-electron chi connectivity index (χ1n) is 4.47. The minimum absolute atomic E-state index is 0.185. The van der Waals surface area contributed by atoms with Crippen molar-refractivity contribution in [3.05, 3.63) is 34.9 Å². The van der Waals surface area contributed by atoms with Crippen LogP contribution in [0.2, 0.25) is 5.02 Å². The second-order valence-corrected chi connectivity index (χ2v) is 3.96. The van der Waals surface area contributed by atoms with Gasteiger partial charge in [-0.3, -0.25) is 4.79 Å². The maximum atomic E-state index is 11.9. The quantitative estimate of drug-likeness (QED) is 0.719. The van der Waals surface area contributed by atoms with E-state index in [0.717, 1.165) is 0 Å². The molecule has 0 radical (unpaired) electrons. The lowest BCUT2D eigenvalue weighted by Crippen LogP contribution is -2.47. The molecule has 0 aliphatic carbocycles. The van der Waals surface area contributed by atoms with Crippen LogP contribution in [0.3, 0.4) is 0 Å². The third-order valence-electron chi connectivity index (χ3n) is 2.45. The van der Waals surface area contributed by atoms with Crippen LogP contribution in [0.5, 0.6) is 0 Å². The summed E-state index contributed by atoms with van der Waals surface area (Å²) in [6, 6.07) is 8.55. The molecule has 0 unspecified atom stereocenters. The van der Waals surface area contributed by atoms with E-state index in [-0.39, 0.29) is 19.0 Å². The molecule has 0 amide bonds. The SMILES string of the molecule is N#CC1(C(=O)c2ccc(Cl)cc2)COC1. The average molecular weight is 222 g/mol. The molecule has 0 spiro atoms. The van der Waals surface area contributed by atoms with Gasteiger partial charge in [-0.2, -0.15) is 5.26 Å². The molecule has 76 valence electrons. The molecule has 0 aromatic heterocycles. The van der Waals surface area contributed by atoms with E-state index in [1.807, 2.05) is 6.07 Å². The molecule has 0 atom stereocenters. The minimum atomic E-state index is -0.978. The van der Waals surface area contributed by atoms with Crippen LogP contribution in [0.4, 0.5) is 0 Å². The second-order valence-electron chi connectivity index (χ2n) is 3.52. The van der Waals surface area contributed by atoms with Crippen molar-refractivity contribution < 1.29 is 9.53 Å². The molecular formula is C11H8ClNO2. The smallest absolute Gasteiger partial charge is 0.187 e. The Kier molecular flexibility index (Phi) is 2.47. The first kappa shape index (κ1) is 10.2. The van der Waals surface area contributed by atoms with E-state index in [2.05, 4.69) is 0 Å². The zero-order valence-corrected chi connectivity index (χ0v) is 8.62. The molecule has 1 aromatic carbocycles. The molecule has 1 aliphatic rings. The highest BCUT2D eigenvalue weighted by Gasteiger charge is 2.46. The van der Waals surface area contributed by atoms with Gasteiger partial charge in [-0.25, -0.2) is 0 Å². The van der Waals surface area contributed by atoms with Gasteiger partial charge in [-0.1, -0.05) is 11.6 Å². The van der Waals surface area contributed by atoms with Crippen LogP contribution in [-0.4, -0.2) is 19.0 Å². The van der Waals surface area contributed by atoms with Crippen molar-refractivity contribution in [2.24, 2.45) is 5.41 Å². The maximum absolute atomic E-state index is 11.9. The van der Waals surface area contributed by atoms with E-state index >= 15 is 0 Å². The summed E-state index contributed by atoms with van der Waals surface area (Å²) in [4.78, 5) is 11.9. The number of hydrogen-bond acceptors (Lipinski definition) is 3. The number of ether oxygens (including phenoxy) is 1. The highest BCUT2D eigenvalue weighted by atomic mass is 35.5. The van der Waals surface area contributed by atoms with Gasteiger partial charge in [0.1, 0.15) is 0 Å². The van der Waals surface area contributed by atoms with Crippen molar-refractivity contribution in [2.45, 2.75) is 0 Å². The number of halogens is 1. The molecule has 1 saturated heterocycles. The molecule has 1 aliphatic heterocycles. The van der Waals surface area contributed by atoms with Gasteiger partial charge < -0.3 is 4.74 Å². The molecule has 1 heterocycles. The van der Waals surface area contributed by atoms with Crippen LogP contribution in [-0.2, 0) is 4.74 Å². The topological polar surface area (TPSA) is 50.1 Å². The average Bonchev–Trinajstić information content (AvgIpc) is 2.18. The fourth-order valence-electron chi connectivity index (χ4n) is 1.43. The molecule has 4 heteroatoms. The van der Waals surface area contributed by atoms with Crippen LogP contribution < -0.4 is 0 Å². The summed E-state index contributed by atoms with van der Waals surface area (Å²) in [6.07, 6.45) is 0. The zero-order chi connectivity index (χ0) is 10.9. The summed E-state index contributed by atoms with van der Waals surface area (Å²) in [5, 5.41) is 9.52. The molecule has 1 aromatic rings. The number of Topliss-reactive ketones (excluding diaryl/α,β-unsaturated/α-hetero) is 1. The van der Waals surface area contributed by atoms with Gasteiger partial charge in [0.05, 0.1) is 19.3 Å². The number of nitrogens with zero attached hydrogens (tertiary/aromatic N) is 1. The van der Waals surface area contributed by atoms with Crippen molar-refractivity contribution in [1.29, 1.82) is 5.26 Å².